The number of hydrogen-bond acceptors (Lipinski definition) is 4. The molecule has 3 unspecified atom stereocenters. The second-order valence-corrected chi connectivity index (χ2v) is 16.3. The molecular formula is C49H93NO4. The van der Waals surface area contributed by atoms with Gasteiger partial charge in [0.25, 0.3) is 0 Å². The van der Waals surface area contributed by atoms with Crippen LogP contribution in [0, 0.1) is 0 Å². The molecule has 5 heteroatoms. The van der Waals surface area contributed by atoms with E-state index in [-0.39, 0.29) is 6.61 Å². The lowest BCUT2D eigenvalue weighted by Gasteiger charge is -2.21. The van der Waals surface area contributed by atoms with Crippen LogP contribution in [0.5, 0.6) is 0 Å². The minimum atomic E-state index is -1.10. The van der Waals surface area contributed by atoms with E-state index in [1.165, 1.54) is 186 Å². The highest BCUT2D eigenvalue weighted by molar-refractivity contribution is 5.80. The van der Waals surface area contributed by atoms with E-state index in [1.54, 1.807) is 6.08 Å². The maximum Gasteiger partial charge on any atom is 0.249 e. The number of amides is 1. The van der Waals surface area contributed by atoms with Gasteiger partial charge in [-0.1, -0.05) is 224 Å². The summed E-state index contributed by atoms with van der Waals surface area (Å²) in [5.74, 6) is -0.514. The van der Waals surface area contributed by atoms with Gasteiger partial charge in [-0.05, 0) is 57.8 Å². The first-order chi connectivity index (χ1) is 26.6. The molecule has 1 amide bonds. The van der Waals surface area contributed by atoms with Crippen LogP contribution in [-0.4, -0.2) is 46.1 Å². The summed E-state index contributed by atoms with van der Waals surface area (Å²) in [5, 5.41) is 32.9. The molecule has 0 saturated carbocycles. The maximum atomic E-state index is 12.4. The second-order valence-electron chi connectivity index (χ2n) is 16.3. The van der Waals surface area contributed by atoms with Crippen LogP contribution in [0.4, 0.5) is 0 Å². The fraction of sp³-hybridized carbons (Fsp3) is 0.857. The van der Waals surface area contributed by atoms with Crippen LogP contribution in [0.15, 0.2) is 36.5 Å². The Morgan fingerprint density at radius 1 is 0.444 bits per heavy atom. The summed E-state index contributed by atoms with van der Waals surface area (Å²) in [6.07, 6.45) is 56.5. The average Bonchev–Trinajstić information content (AvgIpc) is 3.18. The van der Waals surface area contributed by atoms with Crippen LogP contribution in [-0.2, 0) is 4.79 Å². The Morgan fingerprint density at radius 3 is 1.17 bits per heavy atom. The van der Waals surface area contributed by atoms with E-state index in [0.29, 0.717) is 6.42 Å². The van der Waals surface area contributed by atoms with E-state index < -0.39 is 24.2 Å². The normalized spacial score (nSPS) is 13.8. The Balaban J connectivity index is 3.50. The van der Waals surface area contributed by atoms with Gasteiger partial charge in [0.15, 0.2) is 0 Å². The predicted molar refractivity (Wildman–Crippen MR) is 236 cm³/mol. The lowest BCUT2D eigenvalue weighted by molar-refractivity contribution is -0.131. The fourth-order valence-electron chi connectivity index (χ4n) is 7.20. The van der Waals surface area contributed by atoms with Gasteiger partial charge in [0, 0.05) is 0 Å². The van der Waals surface area contributed by atoms with Crippen molar-refractivity contribution in [1.29, 1.82) is 0 Å². The smallest absolute Gasteiger partial charge is 0.249 e. The molecule has 0 fully saturated rings. The summed E-state index contributed by atoms with van der Waals surface area (Å²) in [5.41, 5.74) is 0. The number of aliphatic hydroxyl groups excluding tert-OH is 3. The van der Waals surface area contributed by atoms with E-state index >= 15 is 0 Å². The van der Waals surface area contributed by atoms with Crippen molar-refractivity contribution in [1.82, 2.24) is 5.32 Å². The molecule has 0 heterocycles. The number of aliphatic hydroxyl groups is 3. The molecule has 54 heavy (non-hydrogen) atoms. The van der Waals surface area contributed by atoms with E-state index in [9.17, 15) is 20.1 Å². The zero-order valence-corrected chi connectivity index (χ0v) is 36.1. The Kier molecular flexibility index (Phi) is 43.1. The molecule has 0 aliphatic carbocycles. The SMILES string of the molecule is CCCCC/C=C/CC/C=C/C(O)C(CO)NC(=O)C(O)CCCCCCCCCCCCCCCCC/C=C\CCCCCCCCCCCCCC. The average molecular weight is 760 g/mol. The third-order valence-electron chi connectivity index (χ3n) is 11.0. The second kappa shape index (κ2) is 44.3. The van der Waals surface area contributed by atoms with Gasteiger partial charge in [-0.15, -0.1) is 0 Å². The quantitative estimate of drug-likeness (QED) is 0.0368. The Bertz CT molecular complexity index is 840. The van der Waals surface area contributed by atoms with Gasteiger partial charge >= 0.3 is 0 Å². The van der Waals surface area contributed by atoms with E-state index in [2.05, 4.69) is 43.5 Å². The number of carbonyl (C=O) groups excluding carboxylic acids is 1. The van der Waals surface area contributed by atoms with Gasteiger partial charge in [-0.25, -0.2) is 0 Å². The molecule has 0 aliphatic heterocycles. The van der Waals surface area contributed by atoms with Gasteiger partial charge in [0.2, 0.25) is 5.91 Å². The number of carbonyl (C=O) groups is 1. The molecule has 3 atom stereocenters. The highest BCUT2D eigenvalue weighted by Crippen LogP contribution is 2.16. The summed E-state index contributed by atoms with van der Waals surface area (Å²) in [6, 6.07) is -0.811. The fourth-order valence-corrected chi connectivity index (χ4v) is 7.20. The van der Waals surface area contributed by atoms with E-state index in [4.69, 9.17) is 0 Å². The molecule has 0 spiro atoms. The Hall–Kier alpha value is -1.43. The van der Waals surface area contributed by atoms with Crippen molar-refractivity contribution in [3.8, 4) is 0 Å². The highest BCUT2D eigenvalue weighted by atomic mass is 16.3. The molecule has 0 aliphatic rings. The lowest BCUT2D eigenvalue weighted by atomic mass is 10.0. The number of nitrogens with one attached hydrogen (secondary N) is 1. The van der Waals surface area contributed by atoms with Crippen LogP contribution < -0.4 is 5.32 Å². The Labute approximate surface area is 336 Å². The van der Waals surface area contributed by atoms with Gasteiger partial charge in [-0.3, -0.25) is 4.79 Å². The molecule has 0 radical (unpaired) electrons. The predicted octanol–water partition coefficient (Wildman–Crippen LogP) is 13.9. The molecule has 5 nitrogen and oxygen atoms in total. The standard InChI is InChI=1S/C49H93NO4/c1-3-5-7-9-11-13-14-15-16-17-18-19-20-21-22-23-24-25-26-27-28-29-30-31-32-33-34-36-38-40-42-44-48(53)49(54)50-46(45-51)47(52)43-41-39-37-35-12-10-8-6-4-2/h12,21-22,35,41,43,46-48,51-53H,3-11,13-20,23-34,36-40,42,44-45H2,1-2H3,(H,50,54)/b22-21-,35-12+,43-41+. The molecule has 0 aromatic carbocycles. The van der Waals surface area contributed by atoms with Crippen molar-refractivity contribution >= 4 is 5.91 Å². The summed E-state index contributed by atoms with van der Waals surface area (Å²) < 4.78 is 0. The third-order valence-corrected chi connectivity index (χ3v) is 11.0. The van der Waals surface area contributed by atoms with Crippen LogP contribution in [0.25, 0.3) is 0 Å². The summed E-state index contributed by atoms with van der Waals surface area (Å²) in [7, 11) is 0. The zero-order valence-electron chi connectivity index (χ0n) is 36.1. The van der Waals surface area contributed by atoms with E-state index in [0.717, 1.165) is 38.5 Å². The van der Waals surface area contributed by atoms with Crippen molar-refractivity contribution in [2.24, 2.45) is 0 Å². The topological polar surface area (TPSA) is 89.8 Å². The highest BCUT2D eigenvalue weighted by Gasteiger charge is 2.22. The van der Waals surface area contributed by atoms with Crippen LogP contribution in [0.2, 0.25) is 0 Å². The first-order valence-corrected chi connectivity index (χ1v) is 23.8. The Morgan fingerprint density at radius 2 is 0.759 bits per heavy atom. The van der Waals surface area contributed by atoms with Gasteiger partial charge in [0.05, 0.1) is 18.8 Å². The molecule has 0 aromatic heterocycles. The maximum absolute atomic E-state index is 12.4. The molecule has 0 saturated heterocycles. The minimum Gasteiger partial charge on any atom is -0.394 e. The molecular weight excluding hydrogens is 667 g/mol. The van der Waals surface area contributed by atoms with Crippen LogP contribution >= 0.6 is 0 Å². The van der Waals surface area contributed by atoms with Crippen LogP contribution in [0.3, 0.4) is 0 Å². The van der Waals surface area contributed by atoms with E-state index in [1.807, 2.05) is 6.08 Å². The minimum absolute atomic E-state index is 0.376. The largest absolute Gasteiger partial charge is 0.394 e. The molecule has 0 aromatic rings. The van der Waals surface area contributed by atoms with Gasteiger partial charge in [-0.2, -0.15) is 0 Å². The first-order valence-electron chi connectivity index (χ1n) is 23.8. The summed E-state index contributed by atoms with van der Waals surface area (Å²) in [4.78, 5) is 12.4. The van der Waals surface area contributed by atoms with Crippen molar-refractivity contribution in [3.05, 3.63) is 36.5 Å². The van der Waals surface area contributed by atoms with Gasteiger partial charge in [0.1, 0.15) is 6.10 Å². The molecule has 318 valence electrons. The van der Waals surface area contributed by atoms with Crippen molar-refractivity contribution in [3.63, 3.8) is 0 Å². The summed E-state index contributed by atoms with van der Waals surface area (Å²) in [6.45, 7) is 4.12. The molecule has 4 N–H and O–H groups in total. The van der Waals surface area contributed by atoms with Gasteiger partial charge < -0.3 is 20.6 Å². The third kappa shape index (κ3) is 38.8. The number of rotatable bonds is 43. The first kappa shape index (κ1) is 52.6. The van der Waals surface area contributed by atoms with Crippen molar-refractivity contribution < 1.29 is 20.1 Å². The molecule has 0 bridgehead atoms. The molecule has 0 rings (SSSR count). The lowest BCUT2D eigenvalue weighted by Crippen LogP contribution is -2.48. The zero-order chi connectivity index (χ0) is 39.4. The van der Waals surface area contributed by atoms with Crippen molar-refractivity contribution in [2.75, 3.05) is 6.61 Å². The number of hydrogen-bond donors (Lipinski definition) is 4. The summed E-state index contributed by atoms with van der Waals surface area (Å²) >= 11 is 0. The van der Waals surface area contributed by atoms with Crippen LogP contribution in [0.1, 0.15) is 245 Å². The number of allylic oxidation sites excluding steroid dienone is 5. The monoisotopic (exact) mass is 760 g/mol. The van der Waals surface area contributed by atoms with Crippen molar-refractivity contribution in [2.45, 2.75) is 263 Å². The number of unbranched alkanes of at least 4 members (excludes halogenated alkanes) is 31.